The maximum atomic E-state index is 12.3. The summed E-state index contributed by atoms with van der Waals surface area (Å²) in [5.41, 5.74) is 2.11. The maximum absolute atomic E-state index is 12.3. The second-order valence-corrected chi connectivity index (χ2v) is 10.9. The first kappa shape index (κ1) is 20.6. The van der Waals surface area contributed by atoms with Gasteiger partial charge in [-0.1, -0.05) is 42.5 Å². The molecular formula is C25H28BrN3O2. The highest BCUT2D eigenvalue weighted by atomic mass is 79.9. The molecule has 2 heterocycles. The highest BCUT2D eigenvalue weighted by Crippen LogP contribution is 2.56. The van der Waals surface area contributed by atoms with Crippen LogP contribution in [0.3, 0.4) is 0 Å². The van der Waals surface area contributed by atoms with Crippen LogP contribution in [0.25, 0.3) is 22.0 Å². The molecule has 1 saturated heterocycles. The number of fused-ring (bicyclic) bond motifs is 1. The van der Waals surface area contributed by atoms with Crippen molar-refractivity contribution in [3.8, 4) is 11.3 Å². The van der Waals surface area contributed by atoms with E-state index >= 15 is 0 Å². The van der Waals surface area contributed by atoms with Gasteiger partial charge in [-0.2, -0.15) is 0 Å². The minimum absolute atomic E-state index is 0.195. The number of halogens is 1. The second-order valence-electron chi connectivity index (χ2n) is 10.1. The number of carbonyl (C=O) groups is 1. The van der Waals surface area contributed by atoms with Crippen LogP contribution in [0.5, 0.6) is 0 Å². The first-order valence-electron chi connectivity index (χ1n) is 10.8. The van der Waals surface area contributed by atoms with E-state index < -0.39 is 5.60 Å². The van der Waals surface area contributed by atoms with E-state index in [1.807, 2.05) is 25.7 Å². The molecule has 162 valence electrons. The standard InChI is InChI=1S/C25H28BrN3O2/c1-24(2,3)31-23(30)29-14-25(15-29)12-17(13-25)22-27-21(26)20(28(22)4)19-11-7-9-16-8-5-6-10-18(16)19/h5-11,17H,12-15H2,1-4H3. The molecule has 0 N–H and O–H groups in total. The molecule has 1 aliphatic heterocycles. The number of aromatic nitrogens is 2. The van der Waals surface area contributed by atoms with Crippen molar-refractivity contribution in [2.24, 2.45) is 12.5 Å². The number of nitrogens with zero attached hydrogens (tertiary/aromatic N) is 3. The van der Waals surface area contributed by atoms with E-state index in [0.29, 0.717) is 5.92 Å². The lowest BCUT2D eigenvalue weighted by Gasteiger charge is -2.58. The molecule has 31 heavy (non-hydrogen) atoms. The third-order valence-corrected chi connectivity index (χ3v) is 7.11. The Morgan fingerprint density at radius 2 is 1.81 bits per heavy atom. The van der Waals surface area contributed by atoms with Crippen molar-refractivity contribution in [1.82, 2.24) is 14.5 Å². The monoisotopic (exact) mass is 481 g/mol. The summed E-state index contributed by atoms with van der Waals surface area (Å²) >= 11 is 3.73. The van der Waals surface area contributed by atoms with Crippen LogP contribution in [0.2, 0.25) is 0 Å². The average molecular weight is 482 g/mol. The molecule has 1 aliphatic carbocycles. The Labute approximate surface area is 191 Å². The fourth-order valence-corrected chi connectivity index (χ4v) is 5.88. The quantitative estimate of drug-likeness (QED) is 0.442. The van der Waals surface area contributed by atoms with Crippen LogP contribution in [0, 0.1) is 5.41 Å². The summed E-state index contributed by atoms with van der Waals surface area (Å²) in [6.45, 7) is 7.31. The minimum atomic E-state index is -0.445. The molecule has 1 saturated carbocycles. The van der Waals surface area contributed by atoms with Crippen molar-refractivity contribution in [3.05, 3.63) is 52.9 Å². The minimum Gasteiger partial charge on any atom is -0.444 e. The van der Waals surface area contributed by atoms with E-state index in [2.05, 4.69) is 70.0 Å². The Bertz CT molecular complexity index is 1160. The normalized spacial score (nSPS) is 18.2. The van der Waals surface area contributed by atoms with Crippen LogP contribution in [-0.2, 0) is 11.8 Å². The Hall–Kier alpha value is -2.34. The molecule has 2 fully saturated rings. The average Bonchev–Trinajstić information content (AvgIpc) is 2.92. The number of benzene rings is 2. The van der Waals surface area contributed by atoms with E-state index in [-0.39, 0.29) is 11.5 Å². The number of hydrogen-bond acceptors (Lipinski definition) is 3. The van der Waals surface area contributed by atoms with Gasteiger partial charge in [0.15, 0.2) is 0 Å². The summed E-state index contributed by atoms with van der Waals surface area (Å²) in [6.07, 6.45) is 1.94. The van der Waals surface area contributed by atoms with Gasteiger partial charge in [-0.15, -0.1) is 0 Å². The van der Waals surface area contributed by atoms with Gasteiger partial charge in [0.1, 0.15) is 16.0 Å². The number of imidazole rings is 1. The zero-order valence-corrected chi connectivity index (χ0v) is 20.1. The smallest absolute Gasteiger partial charge is 0.410 e. The molecule has 0 bridgehead atoms. The predicted octanol–water partition coefficient (Wildman–Crippen LogP) is 6.12. The molecule has 1 aromatic heterocycles. The Morgan fingerprint density at radius 1 is 1.13 bits per heavy atom. The third-order valence-electron chi connectivity index (χ3n) is 6.56. The van der Waals surface area contributed by atoms with Gasteiger partial charge < -0.3 is 14.2 Å². The van der Waals surface area contributed by atoms with Crippen molar-refractivity contribution in [1.29, 1.82) is 0 Å². The van der Waals surface area contributed by atoms with E-state index in [4.69, 9.17) is 9.72 Å². The Balaban J connectivity index is 1.33. The van der Waals surface area contributed by atoms with Gasteiger partial charge in [0.25, 0.3) is 0 Å². The van der Waals surface area contributed by atoms with E-state index in [1.165, 1.54) is 16.3 Å². The van der Waals surface area contributed by atoms with Gasteiger partial charge in [0, 0.05) is 37.0 Å². The summed E-state index contributed by atoms with van der Waals surface area (Å²) in [4.78, 5) is 19.0. The van der Waals surface area contributed by atoms with Crippen molar-refractivity contribution in [3.63, 3.8) is 0 Å². The Morgan fingerprint density at radius 3 is 2.52 bits per heavy atom. The second kappa shape index (κ2) is 7.09. The lowest BCUT2D eigenvalue weighted by atomic mass is 9.57. The van der Waals surface area contributed by atoms with Crippen molar-refractivity contribution in [2.75, 3.05) is 13.1 Å². The summed E-state index contributed by atoms with van der Waals surface area (Å²) in [6, 6.07) is 14.9. The van der Waals surface area contributed by atoms with E-state index in [0.717, 1.165) is 42.1 Å². The number of amides is 1. The van der Waals surface area contributed by atoms with E-state index in [1.54, 1.807) is 0 Å². The summed E-state index contributed by atoms with van der Waals surface area (Å²) < 4.78 is 8.64. The number of likely N-dealkylation sites (tertiary alicyclic amines) is 1. The number of hydrogen-bond donors (Lipinski definition) is 0. The molecule has 6 heteroatoms. The molecular weight excluding hydrogens is 454 g/mol. The highest BCUT2D eigenvalue weighted by molar-refractivity contribution is 9.10. The molecule has 5 nitrogen and oxygen atoms in total. The maximum Gasteiger partial charge on any atom is 0.410 e. The molecule has 3 aromatic rings. The molecule has 1 amide bonds. The fourth-order valence-electron chi connectivity index (χ4n) is 5.22. The zero-order valence-electron chi connectivity index (χ0n) is 18.5. The van der Waals surface area contributed by atoms with Gasteiger partial charge in [0.2, 0.25) is 0 Å². The molecule has 0 unspecified atom stereocenters. The largest absolute Gasteiger partial charge is 0.444 e. The van der Waals surface area contributed by atoms with Crippen LogP contribution in [0.15, 0.2) is 47.1 Å². The van der Waals surface area contributed by atoms with Crippen molar-refractivity contribution < 1.29 is 9.53 Å². The van der Waals surface area contributed by atoms with Crippen LogP contribution in [-0.4, -0.2) is 39.2 Å². The molecule has 0 radical (unpaired) electrons. The summed E-state index contributed by atoms with van der Waals surface area (Å²) in [5.74, 6) is 1.54. The zero-order chi connectivity index (χ0) is 22.0. The van der Waals surface area contributed by atoms with Gasteiger partial charge in [-0.3, -0.25) is 0 Å². The molecule has 5 rings (SSSR count). The number of ether oxygens (including phenoxy) is 1. The fraction of sp³-hybridized carbons (Fsp3) is 0.440. The van der Waals surface area contributed by atoms with Crippen LogP contribution < -0.4 is 0 Å². The van der Waals surface area contributed by atoms with Crippen LogP contribution in [0.4, 0.5) is 4.79 Å². The summed E-state index contributed by atoms with van der Waals surface area (Å²) in [5, 5.41) is 2.46. The van der Waals surface area contributed by atoms with Crippen molar-refractivity contribution >= 4 is 32.8 Å². The predicted molar refractivity (Wildman–Crippen MR) is 126 cm³/mol. The van der Waals surface area contributed by atoms with Crippen molar-refractivity contribution in [2.45, 2.75) is 45.1 Å². The van der Waals surface area contributed by atoms with Crippen LogP contribution in [0.1, 0.15) is 45.4 Å². The molecule has 2 aromatic carbocycles. The third kappa shape index (κ3) is 3.55. The molecule has 1 spiro atoms. The topological polar surface area (TPSA) is 47.4 Å². The lowest BCUT2D eigenvalue weighted by molar-refractivity contribution is -0.0801. The molecule has 0 atom stereocenters. The lowest BCUT2D eigenvalue weighted by Crippen LogP contribution is -2.63. The Kier molecular flexibility index (Phi) is 4.70. The highest BCUT2D eigenvalue weighted by Gasteiger charge is 2.55. The van der Waals surface area contributed by atoms with Gasteiger partial charge >= 0.3 is 6.09 Å². The summed E-state index contributed by atoms with van der Waals surface area (Å²) in [7, 11) is 2.11. The van der Waals surface area contributed by atoms with Crippen LogP contribution >= 0.6 is 15.9 Å². The first-order valence-corrected chi connectivity index (χ1v) is 11.6. The first-order chi connectivity index (χ1) is 14.7. The van der Waals surface area contributed by atoms with Gasteiger partial charge in [-0.05, 0) is 60.3 Å². The van der Waals surface area contributed by atoms with Gasteiger partial charge in [-0.25, -0.2) is 9.78 Å². The number of carbonyl (C=O) groups excluding carboxylic acids is 1. The number of rotatable bonds is 2. The van der Waals surface area contributed by atoms with E-state index in [9.17, 15) is 4.79 Å². The molecule has 2 aliphatic rings. The van der Waals surface area contributed by atoms with Gasteiger partial charge in [0.05, 0.1) is 5.69 Å². The SMILES string of the molecule is Cn1c(C2CC3(C2)CN(C(=O)OC(C)(C)C)C3)nc(Br)c1-c1cccc2ccccc12.